The van der Waals surface area contributed by atoms with Crippen molar-refractivity contribution < 1.29 is 15.3 Å². The van der Waals surface area contributed by atoms with E-state index in [-0.39, 0.29) is 5.92 Å². The number of nitrogens with one attached hydrogen (secondary N) is 1. The van der Waals surface area contributed by atoms with Crippen molar-refractivity contribution in [3.63, 3.8) is 0 Å². The number of hydrogen-bond acceptors (Lipinski definition) is 4. The Bertz CT molecular complexity index is 231. The third-order valence-corrected chi connectivity index (χ3v) is 4.36. The average Bonchev–Trinajstić information content (AvgIpc) is 2.34. The van der Waals surface area contributed by atoms with Crippen LogP contribution in [0, 0.1) is 11.8 Å². The van der Waals surface area contributed by atoms with E-state index in [1.807, 2.05) is 0 Å². The molecule has 0 aromatic heterocycles. The summed E-state index contributed by atoms with van der Waals surface area (Å²) in [5.74, 6) is 0.380. The fourth-order valence-electron chi connectivity index (χ4n) is 3.23. The molecule has 0 amide bonds. The summed E-state index contributed by atoms with van der Waals surface area (Å²) in [5, 5.41) is 32.7. The van der Waals surface area contributed by atoms with Crippen molar-refractivity contribution >= 4 is 0 Å². The molecule has 0 aromatic carbocycles. The van der Waals surface area contributed by atoms with Crippen molar-refractivity contribution in [3.8, 4) is 0 Å². The van der Waals surface area contributed by atoms with Crippen molar-refractivity contribution in [3.05, 3.63) is 0 Å². The minimum absolute atomic E-state index is 0.222. The van der Waals surface area contributed by atoms with Gasteiger partial charge in [0.1, 0.15) is 0 Å². The molecule has 0 bridgehead atoms. The fraction of sp³-hybridized carbons (Fsp3) is 1.00. The molecule has 4 atom stereocenters. The quantitative estimate of drug-likeness (QED) is 0.574. The lowest BCUT2D eigenvalue weighted by Gasteiger charge is -2.37. The van der Waals surface area contributed by atoms with Crippen LogP contribution in [0.2, 0.25) is 0 Å². The summed E-state index contributed by atoms with van der Waals surface area (Å²) in [4.78, 5) is 0. The van der Waals surface area contributed by atoms with Gasteiger partial charge in [-0.2, -0.15) is 0 Å². The average molecular weight is 243 g/mol. The summed E-state index contributed by atoms with van der Waals surface area (Å²) in [6.07, 6.45) is 5.03. The second kappa shape index (κ2) is 6.14. The van der Waals surface area contributed by atoms with E-state index in [0.29, 0.717) is 19.0 Å². The largest absolute Gasteiger partial charge is 0.393 e. The van der Waals surface area contributed by atoms with Gasteiger partial charge < -0.3 is 20.6 Å². The molecular formula is C13H25NO3. The summed E-state index contributed by atoms with van der Waals surface area (Å²) >= 11 is 0. The van der Waals surface area contributed by atoms with Crippen LogP contribution in [0.1, 0.15) is 38.5 Å². The van der Waals surface area contributed by atoms with Crippen LogP contribution in [0.15, 0.2) is 0 Å². The first kappa shape index (κ1) is 13.3. The molecule has 4 heteroatoms. The molecule has 1 heterocycles. The van der Waals surface area contributed by atoms with Crippen LogP contribution >= 0.6 is 0 Å². The Morgan fingerprint density at radius 1 is 1.06 bits per heavy atom. The maximum atomic E-state index is 10.2. The fourth-order valence-corrected chi connectivity index (χ4v) is 3.23. The molecule has 1 aliphatic carbocycles. The SMILES string of the molecule is OC1CNCC(C(O)CC2CCCCC2)C1O. The first-order chi connectivity index (χ1) is 8.18. The second-order valence-corrected chi connectivity index (χ2v) is 5.69. The lowest BCUT2D eigenvalue weighted by molar-refractivity contribution is -0.0791. The zero-order valence-corrected chi connectivity index (χ0v) is 10.4. The second-order valence-electron chi connectivity index (χ2n) is 5.69. The number of aliphatic hydroxyl groups is 3. The van der Waals surface area contributed by atoms with Crippen molar-refractivity contribution in [2.45, 2.75) is 56.8 Å². The summed E-state index contributed by atoms with van der Waals surface area (Å²) in [6, 6.07) is 0. The van der Waals surface area contributed by atoms with Crippen LogP contribution in [-0.2, 0) is 0 Å². The standard InChI is InChI=1S/C13H25NO3/c15-11(6-9-4-2-1-3-5-9)10-7-14-8-12(16)13(10)17/h9-17H,1-8H2. The zero-order valence-electron chi connectivity index (χ0n) is 10.4. The Kier molecular flexibility index (Phi) is 4.79. The number of piperidine rings is 1. The molecular weight excluding hydrogens is 218 g/mol. The first-order valence-corrected chi connectivity index (χ1v) is 6.93. The van der Waals surface area contributed by atoms with Gasteiger partial charge in [0.15, 0.2) is 0 Å². The third kappa shape index (κ3) is 3.41. The molecule has 2 fully saturated rings. The molecule has 100 valence electrons. The van der Waals surface area contributed by atoms with Crippen molar-refractivity contribution in [2.24, 2.45) is 11.8 Å². The zero-order chi connectivity index (χ0) is 12.3. The molecule has 1 aliphatic heterocycles. The summed E-state index contributed by atoms with van der Waals surface area (Å²) in [6.45, 7) is 1.03. The van der Waals surface area contributed by atoms with E-state index in [1.165, 1.54) is 32.1 Å². The van der Waals surface area contributed by atoms with E-state index >= 15 is 0 Å². The minimum Gasteiger partial charge on any atom is -0.393 e. The molecule has 2 aliphatic rings. The van der Waals surface area contributed by atoms with E-state index in [1.54, 1.807) is 0 Å². The van der Waals surface area contributed by atoms with Crippen LogP contribution in [-0.4, -0.2) is 46.7 Å². The number of aliphatic hydroxyl groups excluding tert-OH is 3. The molecule has 2 rings (SSSR count). The lowest BCUT2D eigenvalue weighted by Crippen LogP contribution is -2.54. The molecule has 1 saturated heterocycles. The first-order valence-electron chi connectivity index (χ1n) is 6.93. The van der Waals surface area contributed by atoms with Gasteiger partial charge in [0.2, 0.25) is 0 Å². The van der Waals surface area contributed by atoms with E-state index in [0.717, 1.165) is 6.42 Å². The Morgan fingerprint density at radius 3 is 2.47 bits per heavy atom. The van der Waals surface area contributed by atoms with E-state index < -0.39 is 18.3 Å². The highest BCUT2D eigenvalue weighted by atomic mass is 16.3. The smallest absolute Gasteiger partial charge is 0.0927 e. The predicted octanol–water partition coefficient (Wildman–Crippen LogP) is 0.259. The summed E-state index contributed by atoms with van der Waals surface area (Å²) in [7, 11) is 0. The Morgan fingerprint density at radius 2 is 1.76 bits per heavy atom. The number of β-amino-alcohol motifs (C(OH)–C–C–N with tert-alkyl or cyclic N) is 1. The van der Waals surface area contributed by atoms with Gasteiger partial charge in [0, 0.05) is 19.0 Å². The molecule has 4 N–H and O–H groups in total. The predicted molar refractivity (Wildman–Crippen MR) is 65.6 cm³/mol. The van der Waals surface area contributed by atoms with Crippen LogP contribution in [0.5, 0.6) is 0 Å². The van der Waals surface area contributed by atoms with Gasteiger partial charge in [0.05, 0.1) is 18.3 Å². The molecule has 0 spiro atoms. The number of rotatable bonds is 3. The van der Waals surface area contributed by atoms with E-state index in [2.05, 4.69) is 5.32 Å². The third-order valence-electron chi connectivity index (χ3n) is 4.36. The van der Waals surface area contributed by atoms with Gasteiger partial charge >= 0.3 is 0 Å². The minimum atomic E-state index is -0.783. The van der Waals surface area contributed by atoms with Crippen LogP contribution in [0.3, 0.4) is 0 Å². The highest BCUT2D eigenvalue weighted by Crippen LogP contribution is 2.30. The lowest BCUT2D eigenvalue weighted by atomic mass is 9.80. The summed E-state index contributed by atoms with van der Waals surface area (Å²) in [5.41, 5.74) is 0. The molecule has 0 radical (unpaired) electrons. The highest BCUT2D eigenvalue weighted by molar-refractivity contribution is 4.89. The summed E-state index contributed by atoms with van der Waals surface area (Å²) < 4.78 is 0. The normalized spacial score (nSPS) is 37.9. The monoisotopic (exact) mass is 243 g/mol. The maximum absolute atomic E-state index is 10.2. The van der Waals surface area contributed by atoms with Crippen molar-refractivity contribution in [2.75, 3.05) is 13.1 Å². The Hall–Kier alpha value is -0.160. The van der Waals surface area contributed by atoms with Crippen molar-refractivity contribution in [1.29, 1.82) is 0 Å². The van der Waals surface area contributed by atoms with Crippen molar-refractivity contribution in [1.82, 2.24) is 5.32 Å². The van der Waals surface area contributed by atoms with Gasteiger partial charge in [-0.3, -0.25) is 0 Å². The molecule has 4 unspecified atom stereocenters. The van der Waals surface area contributed by atoms with E-state index in [4.69, 9.17) is 0 Å². The Balaban J connectivity index is 1.83. The highest BCUT2D eigenvalue weighted by Gasteiger charge is 2.35. The van der Waals surface area contributed by atoms with Crippen LogP contribution in [0.25, 0.3) is 0 Å². The molecule has 17 heavy (non-hydrogen) atoms. The maximum Gasteiger partial charge on any atom is 0.0927 e. The van der Waals surface area contributed by atoms with Gasteiger partial charge in [-0.1, -0.05) is 32.1 Å². The Labute approximate surface area is 103 Å². The van der Waals surface area contributed by atoms with E-state index in [9.17, 15) is 15.3 Å². The van der Waals surface area contributed by atoms with Gasteiger partial charge in [0.25, 0.3) is 0 Å². The topological polar surface area (TPSA) is 72.7 Å². The molecule has 1 saturated carbocycles. The molecule has 4 nitrogen and oxygen atoms in total. The van der Waals surface area contributed by atoms with Gasteiger partial charge in [-0.25, -0.2) is 0 Å². The molecule has 0 aromatic rings. The number of hydrogen-bond donors (Lipinski definition) is 4. The van der Waals surface area contributed by atoms with Crippen LogP contribution in [0.4, 0.5) is 0 Å². The van der Waals surface area contributed by atoms with Gasteiger partial charge in [-0.05, 0) is 12.3 Å². The van der Waals surface area contributed by atoms with Gasteiger partial charge in [-0.15, -0.1) is 0 Å². The van der Waals surface area contributed by atoms with Crippen LogP contribution < -0.4 is 5.32 Å².